The second kappa shape index (κ2) is 5.36. The summed E-state index contributed by atoms with van der Waals surface area (Å²) in [5.74, 6) is 0.757. The summed E-state index contributed by atoms with van der Waals surface area (Å²) in [4.78, 5) is 10.8. The molecule has 0 aliphatic carbocycles. The number of nitrogen functional groups attached to an aromatic ring is 1. The highest BCUT2D eigenvalue weighted by atomic mass is 16.6. The molecule has 0 unspecified atom stereocenters. The van der Waals surface area contributed by atoms with Gasteiger partial charge in [-0.2, -0.15) is 5.10 Å². The fourth-order valence-corrected chi connectivity index (χ4v) is 2.40. The number of rotatable bonds is 4. The molecule has 1 heterocycles. The van der Waals surface area contributed by atoms with Gasteiger partial charge in [-0.1, -0.05) is 12.1 Å². The number of anilines is 1. The lowest BCUT2D eigenvalue weighted by Crippen LogP contribution is -2.04. The zero-order valence-electron chi connectivity index (χ0n) is 11.9. The van der Waals surface area contributed by atoms with Crippen LogP contribution < -0.4 is 10.5 Å². The molecule has 0 spiro atoms. The number of benzene rings is 2. The van der Waals surface area contributed by atoms with Crippen molar-refractivity contribution >= 4 is 22.3 Å². The predicted molar refractivity (Wildman–Crippen MR) is 82.9 cm³/mol. The number of ether oxygens (including phenoxy) is 1. The highest BCUT2D eigenvalue weighted by Crippen LogP contribution is 2.29. The number of nitro benzene ring substituents is 1. The molecule has 0 bridgehead atoms. The minimum absolute atomic E-state index is 0.0407. The van der Waals surface area contributed by atoms with E-state index >= 15 is 0 Å². The van der Waals surface area contributed by atoms with E-state index in [1.165, 1.54) is 6.07 Å². The highest BCUT2D eigenvalue weighted by molar-refractivity contribution is 5.90. The van der Waals surface area contributed by atoms with Gasteiger partial charge in [-0.3, -0.25) is 14.8 Å². The third-order valence-electron chi connectivity index (χ3n) is 3.42. The highest BCUT2D eigenvalue weighted by Gasteiger charge is 2.18. The number of non-ortho nitro benzene ring substituents is 1. The minimum atomic E-state index is -0.440. The van der Waals surface area contributed by atoms with Crippen LogP contribution in [0.1, 0.15) is 5.56 Å². The molecule has 0 radical (unpaired) electrons. The minimum Gasteiger partial charge on any atom is -0.497 e. The maximum Gasteiger partial charge on any atom is 0.297 e. The third-order valence-corrected chi connectivity index (χ3v) is 3.42. The van der Waals surface area contributed by atoms with E-state index in [2.05, 4.69) is 5.10 Å². The van der Waals surface area contributed by atoms with Gasteiger partial charge in [-0.15, -0.1) is 0 Å². The second-order valence-corrected chi connectivity index (χ2v) is 4.89. The maximum atomic E-state index is 11.2. The smallest absolute Gasteiger partial charge is 0.297 e. The SMILES string of the molecule is COc1ccc(Cn2ncc3cc(N)cc([N+](=O)[O-])c32)cc1. The van der Waals surface area contributed by atoms with Gasteiger partial charge >= 0.3 is 0 Å². The van der Waals surface area contributed by atoms with Gasteiger partial charge in [-0.05, 0) is 23.8 Å². The number of fused-ring (bicyclic) bond motifs is 1. The molecule has 0 amide bonds. The number of methoxy groups -OCH3 is 1. The van der Waals surface area contributed by atoms with Gasteiger partial charge in [0, 0.05) is 17.1 Å². The van der Waals surface area contributed by atoms with Crippen LogP contribution in [0.5, 0.6) is 5.75 Å². The quantitative estimate of drug-likeness (QED) is 0.453. The molecular weight excluding hydrogens is 284 g/mol. The van der Waals surface area contributed by atoms with E-state index in [1.54, 1.807) is 24.1 Å². The van der Waals surface area contributed by atoms with Crippen molar-refractivity contribution in [3.05, 3.63) is 58.3 Å². The third kappa shape index (κ3) is 2.44. The van der Waals surface area contributed by atoms with Gasteiger partial charge in [0.05, 0.1) is 24.8 Å². The van der Waals surface area contributed by atoms with Crippen LogP contribution in [-0.4, -0.2) is 21.8 Å². The lowest BCUT2D eigenvalue weighted by atomic mass is 10.2. The normalized spacial score (nSPS) is 10.8. The largest absolute Gasteiger partial charge is 0.497 e. The summed E-state index contributed by atoms with van der Waals surface area (Å²) in [6, 6.07) is 10.5. The van der Waals surface area contributed by atoms with Gasteiger partial charge in [0.1, 0.15) is 11.3 Å². The first-order valence-electron chi connectivity index (χ1n) is 6.61. The molecule has 22 heavy (non-hydrogen) atoms. The topological polar surface area (TPSA) is 96.2 Å². The van der Waals surface area contributed by atoms with Gasteiger partial charge in [-0.25, -0.2) is 0 Å². The van der Waals surface area contributed by atoms with Gasteiger partial charge in [0.2, 0.25) is 0 Å². The summed E-state index contributed by atoms with van der Waals surface area (Å²) in [7, 11) is 1.60. The Balaban J connectivity index is 2.05. The van der Waals surface area contributed by atoms with E-state index in [-0.39, 0.29) is 5.69 Å². The van der Waals surface area contributed by atoms with Crippen LogP contribution in [0.4, 0.5) is 11.4 Å². The van der Waals surface area contributed by atoms with E-state index in [0.717, 1.165) is 11.3 Å². The molecule has 2 aromatic carbocycles. The van der Waals surface area contributed by atoms with Gasteiger partial charge in [0.25, 0.3) is 5.69 Å². The van der Waals surface area contributed by atoms with Crippen molar-refractivity contribution < 1.29 is 9.66 Å². The lowest BCUT2D eigenvalue weighted by molar-refractivity contribution is -0.383. The molecule has 0 aliphatic heterocycles. The fourth-order valence-electron chi connectivity index (χ4n) is 2.40. The van der Waals surface area contributed by atoms with Crippen LogP contribution in [0.25, 0.3) is 10.9 Å². The van der Waals surface area contributed by atoms with E-state index in [0.29, 0.717) is 23.1 Å². The first-order chi connectivity index (χ1) is 10.6. The van der Waals surface area contributed by atoms with Crippen LogP contribution in [0, 0.1) is 10.1 Å². The molecule has 0 fully saturated rings. The maximum absolute atomic E-state index is 11.2. The number of hydrogen-bond donors (Lipinski definition) is 1. The summed E-state index contributed by atoms with van der Waals surface area (Å²) in [6.07, 6.45) is 1.59. The summed E-state index contributed by atoms with van der Waals surface area (Å²) in [6.45, 7) is 0.429. The van der Waals surface area contributed by atoms with E-state index in [1.807, 2.05) is 24.3 Å². The molecule has 0 saturated carbocycles. The number of aromatic nitrogens is 2. The van der Waals surface area contributed by atoms with Crippen LogP contribution >= 0.6 is 0 Å². The van der Waals surface area contributed by atoms with E-state index < -0.39 is 4.92 Å². The van der Waals surface area contributed by atoms with Crippen molar-refractivity contribution in [1.82, 2.24) is 9.78 Å². The number of nitrogens with zero attached hydrogens (tertiary/aromatic N) is 3. The predicted octanol–water partition coefficient (Wildman–Crippen LogP) is 2.58. The molecule has 0 atom stereocenters. The summed E-state index contributed by atoms with van der Waals surface area (Å²) >= 11 is 0. The van der Waals surface area contributed by atoms with Crippen LogP contribution in [0.2, 0.25) is 0 Å². The fraction of sp³-hybridized carbons (Fsp3) is 0.133. The molecule has 2 N–H and O–H groups in total. The lowest BCUT2D eigenvalue weighted by Gasteiger charge is -2.06. The average molecular weight is 298 g/mol. The number of hydrogen-bond acceptors (Lipinski definition) is 5. The molecule has 112 valence electrons. The van der Waals surface area contributed by atoms with Gasteiger partial charge < -0.3 is 10.5 Å². The molecular formula is C15H14N4O3. The van der Waals surface area contributed by atoms with Gasteiger partial charge in [0.15, 0.2) is 0 Å². The molecule has 0 aliphatic rings. The molecule has 1 aromatic heterocycles. The Labute approximate surface area is 126 Å². The molecule has 0 saturated heterocycles. The Hall–Kier alpha value is -3.09. The number of nitro groups is 1. The van der Waals surface area contributed by atoms with Crippen molar-refractivity contribution in [1.29, 1.82) is 0 Å². The average Bonchev–Trinajstić information content (AvgIpc) is 2.89. The van der Waals surface area contributed by atoms with Crippen molar-refractivity contribution in [2.24, 2.45) is 0 Å². The van der Waals surface area contributed by atoms with Crippen LogP contribution in [-0.2, 0) is 6.54 Å². The summed E-state index contributed by atoms with van der Waals surface area (Å²) in [5.41, 5.74) is 7.45. The van der Waals surface area contributed by atoms with Crippen molar-refractivity contribution in [2.45, 2.75) is 6.54 Å². The van der Waals surface area contributed by atoms with Crippen molar-refractivity contribution in [3.8, 4) is 5.75 Å². The Morgan fingerprint density at radius 3 is 2.68 bits per heavy atom. The Morgan fingerprint density at radius 2 is 2.05 bits per heavy atom. The monoisotopic (exact) mass is 298 g/mol. The summed E-state index contributed by atoms with van der Waals surface area (Å²) in [5, 5.41) is 16.1. The molecule has 3 rings (SSSR count). The van der Waals surface area contributed by atoms with Crippen LogP contribution in [0.15, 0.2) is 42.6 Å². The Morgan fingerprint density at radius 1 is 1.32 bits per heavy atom. The first-order valence-corrected chi connectivity index (χ1v) is 6.61. The standard InChI is InChI=1S/C15H14N4O3/c1-22-13-4-2-10(3-5-13)9-18-15-11(8-17-18)6-12(16)7-14(15)19(20)21/h2-8H,9,16H2,1H3. The Kier molecular flexibility index (Phi) is 3.38. The molecule has 7 heteroatoms. The van der Waals surface area contributed by atoms with E-state index in [9.17, 15) is 10.1 Å². The molecule has 7 nitrogen and oxygen atoms in total. The van der Waals surface area contributed by atoms with Crippen molar-refractivity contribution in [2.75, 3.05) is 12.8 Å². The molecule has 3 aromatic rings. The second-order valence-electron chi connectivity index (χ2n) is 4.89. The van der Waals surface area contributed by atoms with Crippen LogP contribution in [0.3, 0.4) is 0 Å². The first kappa shape index (κ1) is 13.9. The Bertz CT molecular complexity index is 840. The summed E-state index contributed by atoms with van der Waals surface area (Å²) < 4.78 is 6.72. The zero-order chi connectivity index (χ0) is 15.7. The number of nitrogens with two attached hydrogens (primary N) is 1. The van der Waals surface area contributed by atoms with E-state index in [4.69, 9.17) is 10.5 Å². The zero-order valence-corrected chi connectivity index (χ0v) is 11.9. The van der Waals surface area contributed by atoms with Crippen molar-refractivity contribution in [3.63, 3.8) is 0 Å².